The molecule has 8 nitrogen and oxygen atoms in total. The number of pyridine rings is 1. The van der Waals surface area contributed by atoms with Crippen LogP contribution in [0.1, 0.15) is 6.42 Å². The monoisotopic (exact) mass is 491 g/mol. The summed E-state index contributed by atoms with van der Waals surface area (Å²) in [7, 11) is 4.27. The van der Waals surface area contributed by atoms with Crippen molar-refractivity contribution in [3.63, 3.8) is 0 Å². The van der Waals surface area contributed by atoms with Crippen molar-refractivity contribution in [3.8, 4) is 11.4 Å². The molecular weight excluding hydrogens is 462 g/mol. The summed E-state index contributed by atoms with van der Waals surface area (Å²) in [5.41, 5.74) is 4.81. The van der Waals surface area contributed by atoms with Crippen molar-refractivity contribution >= 4 is 44.9 Å². The maximum Gasteiger partial charge on any atom is 0.261 e. The van der Waals surface area contributed by atoms with Crippen LogP contribution >= 0.6 is 11.6 Å². The summed E-state index contributed by atoms with van der Waals surface area (Å²) in [5.74, 6) is 0.563. The normalized spacial score (nSPS) is 19.7. The highest BCUT2D eigenvalue weighted by molar-refractivity contribution is 6.31. The molecule has 0 saturated carbocycles. The van der Waals surface area contributed by atoms with Gasteiger partial charge in [-0.05, 0) is 63.5 Å². The first-order chi connectivity index (χ1) is 16.9. The molecule has 35 heavy (non-hydrogen) atoms. The third-order valence-corrected chi connectivity index (χ3v) is 7.52. The number of fused-ring (bicyclic) bond motifs is 2. The van der Waals surface area contributed by atoms with Crippen molar-refractivity contribution in [1.29, 1.82) is 0 Å². The van der Waals surface area contributed by atoms with Gasteiger partial charge in [-0.25, -0.2) is 4.98 Å². The Bertz CT molecular complexity index is 1450. The predicted octanol–water partition coefficient (Wildman–Crippen LogP) is 3.59. The number of rotatable bonds is 4. The number of likely N-dealkylation sites (tertiary alicyclic amines) is 1. The number of anilines is 2. The van der Waals surface area contributed by atoms with Crippen molar-refractivity contribution in [2.45, 2.75) is 12.5 Å². The van der Waals surface area contributed by atoms with Crippen molar-refractivity contribution < 1.29 is 0 Å². The Hall–Kier alpha value is -3.07. The molecule has 0 radical (unpaired) electrons. The van der Waals surface area contributed by atoms with Crippen LogP contribution in [0.3, 0.4) is 0 Å². The summed E-state index contributed by atoms with van der Waals surface area (Å²) in [5, 5.41) is 5.19. The van der Waals surface area contributed by atoms with Crippen molar-refractivity contribution in [2.75, 3.05) is 63.6 Å². The third kappa shape index (κ3) is 4.26. The Morgan fingerprint density at radius 2 is 1.77 bits per heavy atom. The highest BCUT2D eigenvalue weighted by atomic mass is 35.5. The SMILES string of the molecule is CN1CCN(c2ccc3[nH]c(-c4c(N[C@H]5CCN(C)C5)c5cc(Cl)ccc5[nH]c4=O)nc3c2)CC1. The number of halogens is 1. The summed E-state index contributed by atoms with van der Waals surface area (Å²) in [6.45, 7) is 6.02. The van der Waals surface area contributed by atoms with E-state index in [1.165, 1.54) is 0 Å². The first kappa shape index (κ1) is 22.4. The van der Waals surface area contributed by atoms with Crippen molar-refractivity contribution in [1.82, 2.24) is 24.8 Å². The van der Waals surface area contributed by atoms with Crippen molar-refractivity contribution in [3.05, 3.63) is 51.8 Å². The van der Waals surface area contributed by atoms with Gasteiger partial charge in [0.1, 0.15) is 11.4 Å². The molecule has 0 amide bonds. The van der Waals surface area contributed by atoms with E-state index in [4.69, 9.17) is 16.6 Å². The largest absolute Gasteiger partial charge is 0.380 e. The fraction of sp³-hybridized carbons (Fsp3) is 0.385. The zero-order chi connectivity index (χ0) is 24.1. The maximum absolute atomic E-state index is 13.4. The van der Waals surface area contributed by atoms with E-state index >= 15 is 0 Å². The fourth-order valence-corrected chi connectivity index (χ4v) is 5.44. The van der Waals surface area contributed by atoms with E-state index in [-0.39, 0.29) is 11.6 Å². The quantitative estimate of drug-likeness (QED) is 0.404. The number of hydrogen-bond donors (Lipinski definition) is 3. The number of H-pyrrole nitrogens is 2. The molecule has 4 aromatic rings. The Labute approximate surface area is 208 Å². The van der Waals surface area contributed by atoms with Crippen LogP contribution in [0.5, 0.6) is 0 Å². The molecule has 182 valence electrons. The highest BCUT2D eigenvalue weighted by Crippen LogP contribution is 2.34. The van der Waals surface area contributed by atoms with E-state index in [1.807, 2.05) is 12.1 Å². The van der Waals surface area contributed by atoms with Gasteiger partial charge in [0.15, 0.2) is 0 Å². The van der Waals surface area contributed by atoms with E-state index < -0.39 is 0 Å². The lowest BCUT2D eigenvalue weighted by Gasteiger charge is -2.34. The molecule has 1 atom stereocenters. The summed E-state index contributed by atoms with van der Waals surface area (Å²) in [6, 6.07) is 12.1. The Morgan fingerprint density at radius 3 is 2.54 bits per heavy atom. The molecular formula is C26H30ClN7O. The smallest absolute Gasteiger partial charge is 0.261 e. The molecule has 2 aromatic carbocycles. The van der Waals surface area contributed by atoms with Gasteiger partial charge in [-0.1, -0.05) is 11.6 Å². The number of benzene rings is 2. The van der Waals surface area contributed by atoms with Gasteiger partial charge in [0.05, 0.1) is 22.2 Å². The average Bonchev–Trinajstić information content (AvgIpc) is 3.45. The van der Waals surface area contributed by atoms with E-state index in [0.717, 1.165) is 79.0 Å². The molecule has 3 N–H and O–H groups in total. The molecule has 2 aliphatic heterocycles. The summed E-state index contributed by atoms with van der Waals surface area (Å²) in [4.78, 5) is 31.7. The van der Waals surface area contributed by atoms with Gasteiger partial charge in [-0.3, -0.25) is 4.79 Å². The number of likely N-dealkylation sites (N-methyl/N-ethyl adjacent to an activating group) is 2. The fourth-order valence-electron chi connectivity index (χ4n) is 5.27. The van der Waals surface area contributed by atoms with Crippen LogP contribution < -0.4 is 15.8 Å². The second-order valence-electron chi connectivity index (χ2n) is 9.86. The minimum absolute atomic E-state index is 0.174. The molecule has 2 fully saturated rings. The standard InChI is InChI=1S/C26H30ClN7O/c1-32-9-11-34(12-10-32)18-4-6-21-22(14-18)30-25(29-21)23-24(28-17-7-8-33(2)15-17)19-13-16(27)3-5-20(19)31-26(23)35/h3-6,13-14,17H,7-12,15H2,1-2H3,(H,29,30)(H2,28,31,35)/t17-/m0/s1. The zero-order valence-corrected chi connectivity index (χ0v) is 20.8. The molecule has 0 unspecified atom stereocenters. The highest BCUT2D eigenvalue weighted by Gasteiger charge is 2.24. The van der Waals surface area contributed by atoms with Crippen LogP contribution in [0.4, 0.5) is 11.4 Å². The van der Waals surface area contributed by atoms with E-state index in [0.29, 0.717) is 16.4 Å². The predicted molar refractivity (Wildman–Crippen MR) is 144 cm³/mol. The van der Waals surface area contributed by atoms with Crippen LogP contribution in [0, 0.1) is 0 Å². The van der Waals surface area contributed by atoms with E-state index in [2.05, 4.69) is 62.3 Å². The lowest BCUT2D eigenvalue weighted by molar-refractivity contribution is 0.313. The van der Waals surface area contributed by atoms with E-state index in [9.17, 15) is 4.79 Å². The first-order valence-corrected chi connectivity index (χ1v) is 12.6. The molecule has 0 aliphatic carbocycles. The summed E-state index contributed by atoms with van der Waals surface area (Å²) < 4.78 is 0. The Balaban J connectivity index is 1.45. The number of imidazole rings is 1. The zero-order valence-electron chi connectivity index (χ0n) is 20.1. The Kier molecular flexibility index (Phi) is 5.67. The molecule has 2 aliphatic rings. The van der Waals surface area contributed by atoms with Gasteiger partial charge >= 0.3 is 0 Å². The van der Waals surface area contributed by atoms with Crippen LogP contribution in [0.2, 0.25) is 5.02 Å². The Morgan fingerprint density at radius 1 is 0.971 bits per heavy atom. The number of nitrogens with zero attached hydrogens (tertiary/aromatic N) is 4. The molecule has 9 heteroatoms. The van der Waals surface area contributed by atoms with Gasteiger partial charge in [0.2, 0.25) is 0 Å². The maximum atomic E-state index is 13.4. The average molecular weight is 492 g/mol. The topological polar surface area (TPSA) is 83.3 Å². The lowest BCUT2D eigenvalue weighted by Crippen LogP contribution is -2.44. The molecule has 6 rings (SSSR count). The number of aromatic amines is 2. The molecule has 2 aromatic heterocycles. The van der Waals surface area contributed by atoms with Gasteiger partial charge < -0.3 is 30.0 Å². The van der Waals surface area contributed by atoms with Gasteiger partial charge in [0.25, 0.3) is 5.56 Å². The summed E-state index contributed by atoms with van der Waals surface area (Å²) in [6.07, 6.45) is 1.01. The van der Waals surface area contributed by atoms with E-state index in [1.54, 1.807) is 6.07 Å². The summed E-state index contributed by atoms with van der Waals surface area (Å²) >= 11 is 6.37. The van der Waals surface area contributed by atoms with Crippen LogP contribution in [0.25, 0.3) is 33.3 Å². The second-order valence-corrected chi connectivity index (χ2v) is 10.3. The second kappa shape index (κ2) is 8.86. The number of nitrogens with one attached hydrogen (secondary N) is 3. The number of aromatic nitrogens is 3. The third-order valence-electron chi connectivity index (χ3n) is 7.29. The van der Waals surface area contributed by atoms with Crippen LogP contribution in [-0.4, -0.2) is 84.2 Å². The van der Waals surface area contributed by atoms with Crippen LogP contribution in [0.15, 0.2) is 41.2 Å². The van der Waals surface area contributed by atoms with Gasteiger partial charge in [0, 0.05) is 54.9 Å². The molecule has 4 heterocycles. The van der Waals surface area contributed by atoms with Crippen LogP contribution in [-0.2, 0) is 0 Å². The van der Waals surface area contributed by atoms with Gasteiger partial charge in [-0.15, -0.1) is 0 Å². The minimum Gasteiger partial charge on any atom is -0.380 e. The number of hydrogen-bond acceptors (Lipinski definition) is 6. The molecule has 0 spiro atoms. The number of piperazine rings is 1. The molecule has 0 bridgehead atoms. The molecule has 2 saturated heterocycles. The lowest BCUT2D eigenvalue weighted by atomic mass is 10.1. The minimum atomic E-state index is -0.174. The first-order valence-electron chi connectivity index (χ1n) is 12.2. The van der Waals surface area contributed by atoms with Gasteiger partial charge in [-0.2, -0.15) is 0 Å². The van der Waals surface area contributed by atoms with Crippen molar-refractivity contribution in [2.24, 2.45) is 0 Å².